The molecule has 22 heavy (non-hydrogen) atoms. The first-order chi connectivity index (χ1) is 10.4. The molecule has 116 valence electrons. The molecule has 0 radical (unpaired) electrons. The summed E-state index contributed by atoms with van der Waals surface area (Å²) in [6, 6.07) is 4.32. The number of hydrogen-bond acceptors (Lipinski definition) is 5. The SMILES string of the molecule is C[C@@H](c1ccncc1)N(C)c1nn2cc(C(C)(C)C)nc2s1. The second kappa shape index (κ2) is 5.35. The van der Waals surface area contributed by atoms with Gasteiger partial charge in [0.2, 0.25) is 10.1 Å². The first-order valence-corrected chi connectivity index (χ1v) is 8.17. The van der Waals surface area contributed by atoms with Crippen LogP contribution in [0, 0.1) is 0 Å². The van der Waals surface area contributed by atoms with Crippen molar-refractivity contribution in [3.05, 3.63) is 42.0 Å². The topological polar surface area (TPSA) is 46.3 Å². The van der Waals surface area contributed by atoms with Crippen molar-refractivity contribution in [3.63, 3.8) is 0 Å². The first-order valence-electron chi connectivity index (χ1n) is 7.36. The molecule has 5 nitrogen and oxygen atoms in total. The predicted molar refractivity (Wildman–Crippen MR) is 90.6 cm³/mol. The largest absolute Gasteiger partial charge is 0.343 e. The molecule has 0 bridgehead atoms. The van der Waals surface area contributed by atoms with Crippen molar-refractivity contribution < 1.29 is 0 Å². The highest BCUT2D eigenvalue weighted by atomic mass is 32.1. The highest BCUT2D eigenvalue weighted by molar-refractivity contribution is 7.20. The number of imidazole rings is 1. The molecule has 3 aromatic heterocycles. The first kappa shape index (κ1) is 15.0. The zero-order valence-electron chi connectivity index (χ0n) is 13.6. The highest BCUT2D eigenvalue weighted by Gasteiger charge is 2.21. The number of hydrogen-bond donors (Lipinski definition) is 0. The van der Waals surface area contributed by atoms with Crippen LogP contribution in [-0.2, 0) is 5.41 Å². The lowest BCUT2D eigenvalue weighted by atomic mass is 9.93. The molecule has 0 aliphatic carbocycles. The van der Waals surface area contributed by atoms with E-state index >= 15 is 0 Å². The summed E-state index contributed by atoms with van der Waals surface area (Å²) in [5.41, 5.74) is 2.34. The Labute approximate surface area is 134 Å². The zero-order chi connectivity index (χ0) is 15.9. The van der Waals surface area contributed by atoms with Gasteiger partial charge in [-0.05, 0) is 24.6 Å². The lowest BCUT2D eigenvalue weighted by Gasteiger charge is -2.24. The van der Waals surface area contributed by atoms with Crippen LogP contribution in [0.1, 0.15) is 45.0 Å². The quantitative estimate of drug-likeness (QED) is 0.739. The van der Waals surface area contributed by atoms with Gasteiger partial charge in [0.05, 0.1) is 17.9 Å². The zero-order valence-corrected chi connectivity index (χ0v) is 14.4. The van der Waals surface area contributed by atoms with Crippen molar-refractivity contribution in [2.24, 2.45) is 0 Å². The third kappa shape index (κ3) is 2.70. The lowest BCUT2D eigenvalue weighted by Crippen LogP contribution is -2.21. The van der Waals surface area contributed by atoms with Crippen LogP contribution >= 0.6 is 11.3 Å². The molecule has 3 heterocycles. The lowest BCUT2D eigenvalue weighted by molar-refractivity contribution is 0.572. The van der Waals surface area contributed by atoms with E-state index in [1.807, 2.05) is 35.2 Å². The van der Waals surface area contributed by atoms with Crippen LogP contribution in [0.2, 0.25) is 0 Å². The standard InChI is InChI=1S/C16H21N5S/c1-11(12-6-8-17-9-7-12)20(5)15-19-21-10-13(16(2,3)4)18-14(21)22-15/h6-11H,1-5H3/t11-/m0/s1. The van der Waals surface area contributed by atoms with E-state index < -0.39 is 0 Å². The minimum atomic E-state index is 0.0455. The van der Waals surface area contributed by atoms with Crippen molar-refractivity contribution in [1.82, 2.24) is 19.6 Å². The maximum atomic E-state index is 4.70. The number of anilines is 1. The molecule has 0 aliphatic heterocycles. The van der Waals surface area contributed by atoms with E-state index in [4.69, 9.17) is 4.98 Å². The molecule has 0 aliphatic rings. The van der Waals surface area contributed by atoms with Crippen molar-refractivity contribution in [3.8, 4) is 0 Å². The van der Waals surface area contributed by atoms with Crippen molar-refractivity contribution in [2.75, 3.05) is 11.9 Å². The molecule has 0 fully saturated rings. The molecule has 0 N–H and O–H groups in total. The number of aromatic nitrogens is 4. The van der Waals surface area contributed by atoms with Crippen molar-refractivity contribution >= 4 is 21.4 Å². The summed E-state index contributed by atoms with van der Waals surface area (Å²) in [6.07, 6.45) is 5.67. The van der Waals surface area contributed by atoms with E-state index in [9.17, 15) is 0 Å². The summed E-state index contributed by atoms with van der Waals surface area (Å²) in [6.45, 7) is 8.66. The van der Waals surface area contributed by atoms with Gasteiger partial charge < -0.3 is 4.90 Å². The smallest absolute Gasteiger partial charge is 0.214 e. The summed E-state index contributed by atoms with van der Waals surface area (Å²) < 4.78 is 1.89. The van der Waals surface area contributed by atoms with E-state index in [1.54, 1.807) is 11.3 Å². The Hall–Kier alpha value is -1.95. The van der Waals surface area contributed by atoms with Crippen LogP contribution in [0.3, 0.4) is 0 Å². The van der Waals surface area contributed by atoms with Crippen LogP contribution in [0.25, 0.3) is 4.96 Å². The molecule has 0 unspecified atom stereocenters. The van der Waals surface area contributed by atoms with Gasteiger partial charge in [-0.15, -0.1) is 5.10 Å². The molecule has 6 heteroatoms. The molecule has 3 rings (SSSR count). The van der Waals surface area contributed by atoms with Gasteiger partial charge in [0, 0.05) is 24.9 Å². The maximum Gasteiger partial charge on any atom is 0.214 e. The van der Waals surface area contributed by atoms with Crippen LogP contribution in [0.5, 0.6) is 0 Å². The van der Waals surface area contributed by atoms with E-state index in [2.05, 4.69) is 49.7 Å². The van der Waals surface area contributed by atoms with Crippen molar-refractivity contribution in [2.45, 2.75) is 39.2 Å². The van der Waals surface area contributed by atoms with Gasteiger partial charge >= 0.3 is 0 Å². The normalized spacial score (nSPS) is 13.5. The summed E-state index contributed by atoms with van der Waals surface area (Å²) in [7, 11) is 2.06. The molecular weight excluding hydrogens is 294 g/mol. The summed E-state index contributed by atoms with van der Waals surface area (Å²) in [5, 5.41) is 5.64. The number of nitrogens with zero attached hydrogens (tertiary/aromatic N) is 5. The molecule has 0 saturated heterocycles. The average molecular weight is 315 g/mol. The molecule has 0 amide bonds. The Morgan fingerprint density at radius 2 is 1.91 bits per heavy atom. The van der Waals surface area contributed by atoms with Gasteiger partial charge in [0.25, 0.3) is 0 Å². The third-order valence-electron chi connectivity index (χ3n) is 3.87. The van der Waals surface area contributed by atoms with Gasteiger partial charge in [0.1, 0.15) is 0 Å². The Kier molecular flexibility index (Phi) is 3.64. The monoisotopic (exact) mass is 315 g/mol. The fraction of sp³-hybridized carbons (Fsp3) is 0.438. The fourth-order valence-electron chi connectivity index (χ4n) is 2.22. The average Bonchev–Trinajstić information content (AvgIpc) is 3.04. The van der Waals surface area contributed by atoms with E-state index in [-0.39, 0.29) is 11.5 Å². The number of fused-ring (bicyclic) bond motifs is 1. The minimum Gasteiger partial charge on any atom is -0.343 e. The van der Waals surface area contributed by atoms with Gasteiger partial charge in [-0.3, -0.25) is 4.98 Å². The molecule has 3 aromatic rings. The minimum absolute atomic E-state index is 0.0455. The van der Waals surface area contributed by atoms with Crippen LogP contribution < -0.4 is 4.90 Å². The van der Waals surface area contributed by atoms with Gasteiger partial charge in [-0.1, -0.05) is 32.1 Å². The molecular formula is C16H21N5S. The van der Waals surface area contributed by atoms with E-state index in [0.29, 0.717) is 0 Å². The van der Waals surface area contributed by atoms with E-state index in [0.717, 1.165) is 15.8 Å². The Morgan fingerprint density at radius 3 is 2.50 bits per heavy atom. The predicted octanol–water partition coefficient (Wildman–Crippen LogP) is 3.68. The summed E-state index contributed by atoms with van der Waals surface area (Å²) in [5.74, 6) is 0. The van der Waals surface area contributed by atoms with Crippen molar-refractivity contribution in [1.29, 1.82) is 0 Å². The van der Waals surface area contributed by atoms with Gasteiger partial charge in [-0.2, -0.15) is 0 Å². The second-order valence-electron chi connectivity index (χ2n) is 6.56. The van der Waals surface area contributed by atoms with Gasteiger partial charge in [-0.25, -0.2) is 9.50 Å². The Morgan fingerprint density at radius 1 is 1.23 bits per heavy atom. The summed E-state index contributed by atoms with van der Waals surface area (Å²) in [4.78, 5) is 11.9. The Bertz CT molecular complexity index is 737. The fourth-order valence-corrected chi connectivity index (χ4v) is 3.15. The Balaban J connectivity index is 1.88. The molecule has 0 saturated carbocycles. The van der Waals surface area contributed by atoms with E-state index in [1.165, 1.54) is 5.56 Å². The van der Waals surface area contributed by atoms with Crippen LogP contribution in [-0.4, -0.2) is 26.6 Å². The number of pyridine rings is 1. The number of rotatable bonds is 3. The highest BCUT2D eigenvalue weighted by Crippen LogP contribution is 2.30. The summed E-state index contributed by atoms with van der Waals surface area (Å²) >= 11 is 1.62. The van der Waals surface area contributed by atoms with Crippen LogP contribution in [0.4, 0.5) is 5.13 Å². The third-order valence-corrected chi connectivity index (χ3v) is 4.89. The van der Waals surface area contributed by atoms with Gasteiger partial charge in [0.15, 0.2) is 0 Å². The maximum absolute atomic E-state index is 4.70. The molecule has 1 atom stereocenters. The second-order valence-corrected chi connectivity index (χ2v) is 7.49. The molecule has 0 aromatic carbocycles. The molecule has 0 spiro atoms. The van der Waals surface area contributed by atoms with Crippen LogP contribution in [0.15, 0.2) is 30.7 Å².